The summed E-state index contributed by atoms with van der Waals surface area (Å²) in [6.07, 6.45) is 5.75. The van der Waals surface area contributed by atoms with Gasteiger partial charge in [0.15, 0.2) is 0 Å². The van der Waals surface area contributed by atoms with E-state index in [1.165, 1.54) is 17.5 Å². The van der Waals surface area contributed by atoms with Gasteiger partial charge in [-0.15, -0.1) is 0 Å². The second kappa shape index (κ2) is 7.59. The van der Waals surface area contributed by atoms with Gasteiger partial charge in [0, 0.05) is 12.0 Å². The quantitative estimate of drug-likeness (QED) is 0.739. The molecule has 4 nitrogen and oxygen atoms in total. The van der Waals surface area contributed by atoms with Crippen molar-refractivity contribution in [2.75, 3.05) is 26.2 Å². The molecule has 0 radical (unpaired) electrons. The minimum atomic E-state index is -3.62. The molecule has 4 aliphatic rings. The molecule has 0 saturated carbocycles. The first-order valence-electron chi connectivity index (χ1n) is 10.7. The van der Waals surface area contributed by atoms with E-state index in [-0.39, 0.29) is 11.2 Å². The number of hydrogen-bond acceptors (Lipinski definition) is 3. The van der Waals surface area contributed by atoms with Crippen LogP contribution in [-0.2, 0) is 16.4 Å². The van der Waals surface area contributed by atoms with Crippen LogP contribution in [0.1, 0.15) is 42.0 Å². The molecule has 4 aliphatic heterocycles. The molecule has 2 aromatic carbocycles. The zero-order valence-electron chi connectivity index (χ0n) is 17.0. The van der Waals surface area contributed by atoms with Gasteiger partial charge in [-0.1, -0.05) is 42.5 Å². The highest BCUT2D eigenvalue weighted by Crippen LogP contribution is 2.42. The zero-order chi connectivity index (χ0) is 20.8. The number of halogens is 1. The van der Waals surface area contributed by atoms with E-state index in [0.29, 0.717) is 13.0 Å². The first-order chi connectivity index (χ1) is 14.5. The normalized spacial score (nSPS) is 29.2. The van der Waals surface area contributed by atoms with Crippen LogP contribution >= 0.6 is 0 Å². The molecule has 30 heavy (non-hydrogen) atoms. The van der Waals surface area contributed by atoms with Crippen LogP contribution in [0.5, 0.6) is 0 Å². The topological polar surface area (TPSA) is 40.6 Å². The second-order valence-electron chi connectivity index (χ2n) is 8.82. The molecule has 2 bridgehead atoms. The van der Waals surface area contributed by atoms with Gasteiger partial charge in [0.2, 0.25) is 10.0 Å². The van der Waals surface area contributed by atoms with Crippen molar-refractivity contribution in [1.29, 1.82) is 0 Å². The molecule has 2 aromatic rings. The highest BCUT2D eigenvalue weighted by atomic mass is 32.2. The number of piperidine rings is 3. The number of hydrogen-bond donors (Lipinski definition) is 0. The molecular formula is C24H27FN2O2S. The molecule has 0 spiro atoms. The standard InChI is InChI=1S/C24H27FN2O2S/c25-21-7-5-20(6-8-21)23-22-4-2-1-3-19(22)9-14-27(23)30(28,29)18-13-24-10-15-26(16-11-24)17-12-24/h1-8,13,18,23H,9-12,14-17H2/b18-13+/t23-/m0/s1. The highest BCUT2D eigenvalue weighted by Gasteiger charge is 2.39. The summed E-state index contributed by atoms with van der Waals surface area (Å²) in [5.74, 6) is -0.320. The Bertz CT molecular complexity index is 1040. The van der Waals surface area contributed by atoms with Gasteiger partial charge in [-0.3, -0.25) is 0 Å². The minimum absolute atomic E-state index is 0.0148. The van der Waals surface area contributed by atoms with Crippen molar-refractivity contribution >= 4 is 10.0 Å². The summed E-state index contributed by atoms with van der Waals surface area (Å²) in [4.78, 5) is 2.45. The minimum Gasteiger partial charge on any atom is -0.303 e. The maximum absolute atomic E-state index is 13.5. The largest absolute Gasteiger partial charge is 0.303 e. The molecule has 6 heteroatoms. The Kier molecular flexibility index (Phi) is 5.04. The van der Waals surface area contributed by atoms with Crippen molar-refractivity contribution in [3.8, 4) is 0 Å². The summed E-state index contributed by atoms with van der Waals surface area (Å²) in [7, 11) is -3.62. The Balaban J connectivity index is 1.51. The third kappa shape index (κ3) is 3.61. The Morgan fingerprint density at radius 1 is 0.933 bits per heavy atom. The van der Waals surface area contributed by atoms with Gasteiger partial charge in [-0.2, -0.15) is 4.31 Å². The van der Waals surface area contributed by atoms with E-state index < -0.39 is 16.1 Å². The van der Waals surface area contributed by atoms with Crippen LogP contribution in [0.25, 0.3) is 0 Å². The van der Waals surface area contributed by atoms with Gasteiger partial charge in [0.25, 0.3) is 0 Å². The first-order valence-corrected chi connectivity index (χ1v) is 12.2. The average Bonchev–Trinajstić information content (AvgIpc) is 2.79. The Hall–Kier alpha value is -2.02. The number of nitrogens with zero attached hydrogens (tertiary/aromatic N) is 2. The highest BCUT2D eigenvalue weighted by molar-refractivity contribution is 7.92. The summed E-state index contributed by atoms with van der Waals surface area (Å²) >= 11 is 0. The molecule has 3 fully saturated rings. The third-order valence-corrected chi connectivity index (χ3v) is 8.65. The van der Waals surface area contributed by atoms with Crippen LogP contribution in [0.3, 0.4) is 0 Å². The predicted molar refractivity (Wildman–Crippen MR) is 116 cm³/mol. The number of rotatable bonds is 4. The van der Waals surface area contributed by atoms with Gasteiger partial charge in [0.1, 0.15) is 5.82 Å². The van der Waals surface area contributed by atoms with Gasteiger partial charge < -0.3 is 4.90 Å². The fourth-order valence-electron chi connectivity index (χ4n) is 5.22. The van der Waals surface area contributed by atoms with Crippen LogP contribution in [0.15, 0.2) is 60.0 Å². The molecule has 4 heterocycles. The van der Waals surface area contributed by atoms with Crippen molar-refractivity contribution < 1.29 is 12.8 Å². The Morgan fingerprint density at radius 3 is 2.30 bits per heavy atom. The lowest BCUT2D eigenvalue weighted by Gasteiger charge is -2.47. The lowest BCUT2D eigenvalue weighted by molar-refractivity contribution is 0.0614. The fraction of sp³-hybridized carbons (Fsp3) is 0.417. The lowest BCUT2D eigenvalue weighted by Crippen LogP contribution is -2.47. The van der Waals surface area contributed by atoms with E-state index in [0.717, 1.165) is 55.6 Å². The Morgan fingerprint density at radius 2 is 1.60 bits per heavy atom. The van der Waals surface area contributed by atoms with Crippen molar-refractivity contribution in [3.63, 3.8) is 0 Å². The summed E-state index contributed by atoms with van der Waals surface area (Å²) in [5, 5.41) is 1.46. The molecule has 6 rings (SSSR count). The number of benzene rings is 2. The van der Waals surface area contributed by atoms with E-state index in [4.69, 9.17) is 0 Å². The van der Waals surface area contributed by atoms with E-state index in [2.05, 4.69) is 11.0 Å². The molecule has 0 aromatic heterocycles. The summed E-state index contributed by atoms with van der Waals surface area (Å²) < 4.78 is 42.2. The smallest absolute Gasteiger partial charge is 0.236 e. The number of allylic oxidation sites excluding steroid dienone is 1. The second-order valence-corrected chi connectivity index (χ2v) is 10.6. The van der Waals surface area contributed by atoms with Crippen molar-refractivity contribution in [3.05, 3.63) is 82.5 Å². The molecule has 0 amide bonds. The summed E-state index contributed by atoms with van der Waals surface area (Å²) in [6, 6.07) is 13.7. The van der Waals surface area contributed by atoms with E-state index in [1.807, 2.05) is 24.3 Å². The van der Waals surface area contributed by atoms with Gasteiger partial charge in [-0.05, 0) is 79.6 Å². The van der Waals surface area contributed by atoms with Gasteiger partial charge in [-0.25, -0.2) is 12.8 Å². The first kappa shape index (κ1) is 19.9. The summed E-state index contributed by atoms with van der Waals surface area (Å²) in [5.41, 5.74) is 2.95. The molecular weight excluding hydrogens is 399 g/mol. The third-order valence-electron chi connectivity index (χ3n) is 7.12. The maximum Gasteiger partial charge on any atom is 0.236 e. The van der Waals surface area contributed by atoms with Crippen molar-refractivity contribution in [1.82, 2.24) is 9.21 Å². The van der Waals surface area contributed by atoms with E-state index in [9.17, 15) is 12.8 Å². The lowest BCUT2D eigenvalue weighted by atomic mass is 9.72. The summed E-state index contributed by atoms with van der Waals surface area (Å²) in [6.45, 7) is 3.59. The molecule has 3 saturated heterocycles. The van der Waals surface area contributed by atoms with Crippen LogP contribution in [0.2, 0.25) is 0 Å². The molecule has 0 N–H and O–H groups in total. The van der Waals surface area contributed by atoms with Gasteiger partial charge >= 0.3 is 0 Å². The van der Waals surface area contributed by atoms with Crippen LogP contribution in [0.4, 0.5) is 4.39 Å². The van der Waals surface area contributed by atoms with E-state index in [1.54, 1.807) is 16.4 Å². The average molecular weight is 427 g/mol. The number of sulfonamides is 1. The van der Waals surface area contributed by atoms with Crippen LogP contribution < -0.4 is 0 Å². The fourth-order valence-corrected chi connectivity index (χ4v) is 6.71. The van der Waals surface area contributed by atoms with Gasteiger partial charge in [0.05, 0.1) is 6.04 Å². The van der Waals surface area contributed by atoms with Crippen molar-refractivity contribution in [2.24, 2.45) is 5.41 Å². The SMILES string of the molecule is O=S(=O)(/C=C/C12CCN(CC1)CC2)N1CCc2ccccc2[C@@H]1c1ccc(F)cc1. The monoisotopic (exact) mass is 426 g/mol. The molecule has 0 aliphatic carbocycles. The van der Waals surface area contributed by atoms with Crippen LogP contribution in [0, 0.1) is 11.2 Å². The molecule has 158 valence electrons. The van der Waals surface area contributed by atoms with Crippen LogP contribution in [-0.4, -0.2) is 43.8 Å². The van der Waals surface area contributed by atoms with E-state index >= 15 is 0 Å². The predicted octanol–water partition coefficient (Wildman–Crippen LogP) is 4.10. The molecule has 1 atom stereocenters. The molecule has 0 unspecified atom stereocenters. The van der Waals surface area contributed by atoms with Crippen molar-refractivity contribution in [2.45, 2.75) is 31.7 Å². The number of fused-ring (bicyclic) bond motifs is 4. The maximum atomic E-state index is 13.5. The zero-order valence-corrected chi connectivity index (χ0v) is 17.8. The Labute approximate surface area is 178 Å².